The molecule has 0 unspecified atom stereocenters. The van der Waals surface area contributed by atoms with Crippen LogP contribution in [-0.2, 0) is 0 Å². The van der Waals surface area contributed by atoms with Gasteiger partial charge in [-0.1, -0.05) is 0 Å². The normalized spacial score (nSPS) is 11.4. The number of anilines is 1. The summed E-state index contributed by atoms with van der Waals surface area (Å²) in [6, 6.07) is 0. The molecule has 0 bridgehead atoms. The number of rotatable bonds is 3. The van der Waals surface area contributed by atoms with Crippen LogP contribution in [0.1, 0.15) is 6.92 Å². The first-order valence-corrected chi connectivity index (χ1v) is 4.03. The summed E-state index contributed by atoms with van der Waals surface area (Å²) in [5.41, 5.74) is -0.473. The lowest BCUT2D eigenvalue weighted by Crippen LogP contribution is -2.35. The molecule has 0 radical (unpaired) electrons. The molecular formula is C8H11F2N3O. The van der Waals surface area contributed by atoms with E-state index in [1.807, 2.05) is 0 Å². The van der Waals surface area contributed by atoms with Crippen molar-refractivity contribution in [2.45, 2.75) is 12.8 Å². The molecule has 0 amide bonds. The number of hydrogen-bond acceptors (Lipinski definition) is 3. The summed E-state index contributed by atoms with van der Waals surface area (Å²) in [4.78, 5) is 18.3. The van der Waals surface area contributed by atoms with Crippen molar-refractivity contribution in [1.29, 1.82) is 0 Å². The van der Waals surface area contributed by atoms with E-state index in [1.165, 1.54) is 19.4 Å². The van der Waals surface area contributed by atoms with E-state index < -0.39 is 18.0 Å². The fraction of sp³-hybridized carbons (Fsp3) is 0.500. The molecule has 0 saturated heterocycles. The zero-order valence-corrected chi connectivity index (χ0v) is 7.92. The van der Waals surface area contributed by atoms with Crippen molar-refractivity contribution in [2.24, 2.45) is 0 Å². The highest BCUT2D eigenvalue weighted by molar-refractivity contribution is 5.33. The third kappa shape index (κ3) is 2.79. The van der Waals surface area contributed by atoms with E-state index in [0.717, 1.165) is 11.8 Å². The average molecular weight is 203 g/mol. The predicted molar refractivity (Wildman–Crippen MR) is 48.7 cm³/mol. The van der Waals surface area contributed by atoms with Gasteiger partial charge in [0.2, 0.25) is 0 Å². The summed E-state index contributed by atoms with van der Waals surface area (Å²) < 4.78 is 25.2. The highest BCUT2D eigenvalue weighted by atomic mass is 19.3. The minimum Gasteiger partial charge on any atom is -0.349 e. The molecule has 1 N–H and O–H groups in total. The molecule has 0 aromatic carbocycles. The molecular weight excluding hydrogens is 192 g/mol. The maximum absolute atomic E-state index is 12.6. The van der Waals surface area contributed by atoms with Crippen molar-refractivity contribution in [2.75, 3.05) is 18.5 Å². The molecule has 0 aliphatic heterocycles. The third-order valence-corrected chi connectivity index (χ3v) is 1.57. The number of nitrogens with one attached hydrogen (secondary N) is 1. The van der Waals surface area contributed by atoms with Gasteiger partial charge in [0, 0.05) is 26.4 Å². The van der Waals surface area contributed by atoms with Crippen LogP contribution in [0.15, 0.2) is 17.2 Å². The van der Waals surface area contributed by atoms with Gasteiger partial charge in [-0.2, -0.15) is 0 Å². The minimum absolute atomic E-state index is 0.00553. The molecule has 78 valence electrons. The summed E-state index contributed by atoms with van der Waals surface area (Å²) in [5.74, 6) is -2.85. The third-order valence-electron chi connectivity index (χ3n) is 1.57. The van der Waals surface area contributed by atoms with Gasteiger partial charge in [-0.3, -0.25) is 4.79 Å². The molecule has 0 atom stereocenters. The van der Waals surface area contributed by atoms with Gasteiger partial charge in [0.25, 0.3) is 11.5 Å². The van der Waals surface area contributed by atoms with Crippen molar-refractivity contribution < 1.29 is 8.78 Å². The van der Waals surface area contributed by atoms with Gasteiger partial charge in [-0.15, -0.1) is 0 Å². The molecule has 0 aliphatic rings. The van der Waals surface area contributed by atoms with Gasteiger partial charge in [-0.25, -0.2) is 13.8 Å². The summed E-state index contributed by atoms with van der Waals surface area (Å²) in [6.45, 7) is 0.258. The quantitative estimate of drug-likeness (QED) is 0.792. The molecule has 1 aromatic rings. The van der Waals surface area contributed by atoms with Crippen LogP contribution in [0, 0.1) is 0 Å². The molecule has 4 nitrogen and oxygen atoms in total. The highest BCUT2D eigenvalue weighted by Crippen LogP contribution is 2.14. The van der Waals surface area contributed by atoms with E-state index in [9.17, 15) is 13.6 Å². The van der Waals surface area contributed by atoms with E-state index in [1.54, 1.807) is 0 Å². The van der Waals surface area contributed by atoms with Crippen LogP contribution in [-0.4, -0.2) is 29.5 Å². The predicted octanol–water partition coefficient (Wildman–Crippen LogP) is 0.861. The Morgan fingerprint density at radius 1 is 1.64 bits per heavy atom. The van der Waals surface area contributed by atoms with Crippen LogP contribution in [0.3, 0.4) is 0 Å². The fourth-order valence-electron chi connectivity index (χ4n) is 1.11. The molecule has 1 heterocycles. The summed E-state index contributed by atoms with van der Waals surface area (Å²) in [5, 5.41) is 0. The van der Waals surface area contributed by atoms with Crippen molar-refractivity contribution >= 4 is 5.82 Å². The Bertz CT molecular complexity index is 358. The van der Waals surface area contributed by atoms with Crippen LogP contribution in [0.4, 0.5) is 14.6 Å². The molecule has 0 aliphatic carbocycles. The van der Waals surface area contributed by atoms with E-state index in [4.69, 9.17) is 0 Å². The number of nitrogens with zero attached hydrogens (tertiary/aromatic N) is 2. The first-order valence-electron chi connectivity index (χ1n) is 4.03. The van der Waals surface area contributed by atoms with E-state index in [0.29, 0.717) is 0 Å². The summed E-state index contributed by atoms with van der Waals surface area (Å²) in [7, 11) is 1.40. The molecule has 0 spiro atoms. The fourth-order valence-corrected chi connectivity index (χ4v) is 1.11. The Hall–Kier alpha value is -1.46. The first-order chi connectivity index (χ1) is 6.40. The van der Waals surface area contributed by atoms with Crippen LogP contribution in [0.2, 0.25) is 0 Å². The average Bonchev–Trinajstić information content (AvgIpc) is 2.01. The molecule has 1 aromatic heterocycles. The van der Waals surface area contributed by atoms with Gasteiger partial charge in [0.15, 0.2) is 5.82 Å². The number of hydrogen-bond donors (Lipinski definition) is 1. The topological polar surface area (TPSA) is 49.0 Å². The van der Waals surface area contributed by atoms with Crippen molar-refractivity contribution in [3.63, 3.8) is 0 Å². The molecule has 6 heteroatoms. The Kier molecular flexibility index (Phi) is 2.83. The number of H-pyrrole nitrogens is 1. The van der Waals surface area contributed by atoms with Crippen molar-refractivity contribution in [1.82, 2.24) is 9.97 Å². The largest absolute Gasteiger partial charge is 0.349 e. The molecule has 0 fully saturated rings. The molecule has 14 heavy (non-hydrogen) atoms. The van der Waals surface area contributed by atoms with E-state index in [2.05, 4.69) is 9.97 Å². The Labute approximate surface area is 79.6 Å². The maximum atomic E-state index is 12.6. The lowest BCUT2D eigenvalue weighted by Gasteiger charge is -2.20. The van der Waals surface area contributed by atoms with Crippen molar-refractivity contribution in [3.8, 4) is 0 Å². The second kappa shape index (κ2) is 3.73. The smallest absolute Gasteiger partial charge is 0.290 e. The summed E-state index contributed by atoms with van der Waals surface area (Å²) >= 11 is 0. The van der Waals surface area contributed by atoms with Gasteiger partial charge >= 0.3 is 0 Å². The van der Waals surface area contributed by atoms with Gasteiger partial charge < -0.3 is 9.88 Å². The number of aromatic amines is 1. The first kappa shape index (κ1) is 10.6. The number of halogens is 2. The second-order valence-corrected chi connectivity index (χ2v) is 3.17. The SMILES string of the molecule is CN(CC(C)(F)F)c1ncc[nH]c1=O. The lowest BCUT2D eigenvalue weighted by molar-refractivity contribution is 0.0309. The second-order valence-electron chi connectivity index (χ2n) is 3.17. The number of alkyl halides is 2. The van der Waals surface area contributed by atoms with Crippen LogP contribution in [0.5, 0.6) is 0 Å². The molecule has 1 rings (SSSR count). The number of aromatic nitrogens is 2. The Morgan fingerprint density at radius 2 is 2.29 bits per heavy atom. The summed E-state index contributed by atoms with van der Waals surface area (Å²) in [6.07, 6.45) is 2.70. The zero-order valence-electron chi connectivity index (χ0n) is 7.92. The van der Waals surface area contributed by atoms with Crippen LogP contribution < -0.4 is 10.5 Å². The van der Waals surface area contributed by atoms with E-state index >= 15 is 0 Å². The zero-order chi connectivity index (χ0) is 10.8. The standard InChI is InChI=1S/C8H11F2N3O/c1-8(9,10)5-13(2)6-7(14)12-4-3-11-6/h3-4H,5H2,1-2H3,(H,12,14). The van der Waals surface area contributed by atoms with Crippen LogP contribution >= 0.6 is 0 Å². The van der Waals surface area contributed by atoms with Gasteiger partial charge in [0.05, 0.1) is 6.54 Å². The highest BCUT2D eigenvalue weighted by Gasteiger charge is 2.24. The van der Waals surface area contributed by atoms with E-state index in [-0.39, 0.29) is 5.82 Å². The van der Waals surface area contributed by atoms with Gasteiger partial charge in [-0.05, 0) is 0 Å². The van der Waals surface area contributed by atoms with Gasteiger partial charge in [0.1, 0.15) is 0 Å². The molecule has 0 saturated carbocycles. The van der Waals surface area contributed by atoms with Crippen LogP contribution in [0.25, 0.3) is 0 Å². The minimum atomic E-state index is -2.85. The maximum Gasteiger partial charge on any atom is 0.290 e. The Morgan fingerprint density at radius 3 is 2.79 bits per heavy atom. The monoisotopic (exact) mass is 203 g/mol. The Balaban J connectivity index is 2.85. The van der Waals surface area contributed by atoms with Crippen molar-refractivity contribution in [3.05, 3.63) is 22.7 Å². The lowest BCUT2D eigenvalue weighted by atomic mass is 10.3.